The third-order valence-corrected chi connectivity index (χ3v) is 5.22. The molecule has 0 bridgehead atoms. The van der Waals surface area contributed by atoms with E-state index in [0.717, 1.165) is 17.9 Å². The molecule has 21 heavy (non-hydrogen) atoms. The quantitative estimate of drug-likeness (QED) is 0.915. The molecular weight excluding hydrogens is 280 g/mol. The van der Waals surface area contributed by atoms with Crippen LogP contribution in [0.25, 0.3) is 0 Å². The Balaban J connectivity index is 1.65. The molecule has 0 fully saturated rings. The predicted octanol–water partition coefficient (Wildman–Crippen LogP) is 3.67. The molecule has 1 N–H and O–H groups in total. The van der Waals surface area contributed by atoms with Crippen LogP contribution in [0.15, 0.2) is 23.7 Å². The van der Waals surface area contributed by atoms with Crippen molar-refractivity contribution in [3.63, 3.8) is 0 Å². The van der Waals surface area contributed by atoms with Crippen molar-refractivity contribution in [2.45, 2.75) is 38.6 Å². The van der Waals surface area contributed by atoms with Crippen LogP contribution in [0.4, 0.5) is 0 Å². The van der Waals surface area contributed by atoms with Crippen molar-refractivity contribution < 1.29 is 4.74 Å². The Hall–Kier alpha value is -1.39. The van der Waals surface area contributed by atoms with E-state index in [1.165, 1.54) is 35.3 Å². The standard InChI is InChI=1S/C17H22N2OS/c1-12-17(21-11-19-12)8-9-20-14-7-6-13-4-3-5-16(18-2)15(13)10-14/h6-7,10-11,16,18H,3-5,8-9H2,1-2H3. The summed E-state index contributed by atoms with van der Waals surface area (Å²) in [6, 6.07) is 7.03. The third-order valence-electron chi connectivity index (χ3n) is 4.22. The summed E-state index contributed by atoms with van der Waals surface area (Å²) < 4.78 is 5.94. The Bertz CT molecular complexity index is 609. The summed E-state index contributed by atoms with van der Waals surface area (Å²) in [5.41, 5.74) is 5.91. The average molecular weight is 302 g/mol. The summed E-state index contributed by atoms with van der Waals surface area (Å²) in [6.45, 7) is 2.77. The Morgan fingerprint density at radius 2 is 2.33 bits per heavy atom. The lowest BCUT2D eigenvalue weighted by molar-refractivity contribution is 0.321. The maximum absolute atomic E-state index is 5.94. The summed E-state index contributed by atoms with van der Waals surface area (Å²) in [4.78, 5) is 5.60. The fourth-order valence-electron chi connectivity index (χ4n) is 2.99. The van der Waals surface area contributed by atoms with Gasteiger partial charge in [-0.1, -0.05) is 6.07 Å². The van der Waals surface area contributed by atoms with Gasteiger partial charge in [-0.2, -0.15) is 0 Å². The molecule has 112 valence electrons. The monoisotopic (exact) mass is 302 g/mol. The molecule has 0 spiro atoms. The highest BCUT2D eigenvalue weighted by molar-refractivity contribution is 7.09. The Kier molecular flexibility index (Phi) is 4.56. The van der Waals surface area contributed by atoms with Gasteiger partial charge in [-0.3, -0.25) is 0 Å². The second kappa shape index (κ2) is 6.58. The number of benzene rings is 1. The van der Waals surface area contributed by atoms with Crippen LogP contribution in [-0.2, 0) is 12.8 Å². The van der Waals surface area contributed by atoms with E-state index in [0.29, 0.717) is 12.6 Å². The highest BCUT2D eigenvalue weighted by Gasteiger charge is 2.19. The lowest BCUT2D eigenvalue weighted by atomic mass is 9.87. The third kappa shape index (κ3) is 3.27. The van der Waals surface area contributed by atoms with E-state index < -0.39 is 0 Å². The van der Waals surface area contributed by atoms with Crippen molar-refractivity contribution in [3.05, 3.63) is 45.4 Å². The van der Waals surface area contributed by atoms with E-state index in [2.05, 4.69) is 35.4 Å². The fraction of sp³-hybridized carbons (Fsp3) is 0.471. The summed E-state index contributed by atoms with van der Waals surface area (Å²) in [7, 11) is 2.04. The Morgan fingerprint density at radius 1 is 1.43 bits per heavy atom. The first-order valence-corrected chi connectivity index (χ1v) is 8.47. The van der Waals surface area contributed by atoms with Crippen molar-refractivity contribution in [3.8, 4) is 5.75 Å². The van der Waals surface area contributed by atoms with Crippen molar-refractivity contribution in [2.24, 2.45) is 0 Å². The van der Waals surface area contributed by atoms with Crippen LogP contribution in [0.5, 0.6) is 5.75 Å². The highest BCUT2D eigenvalue weighted by atomic mass is 32.1. The maximum atomic E-state index is 5.94. The van der Waals surface area contributed by atoms with Crippen molar-refractivity contribution in [2.75, 3.05) is 13.7 Å². The molecule has 3 rings (SSSR count). The first-order chi connectivity index (χ1) is 10.3. The van der Waals surface area contributed by atoms with Gasteiger partial charge in [-0.25, -0.2) is 4.98 Å². The first-order valence-electron chi connectivity index (χ1n) is 7.60. The SMILES string of the molecule is CNC1CCCc2ccc(OCCc3scnc3C)cc21. The van der Waals surface area contributed by atoms with Gasteiger partial charge in [0.05, 0.1) is 17.8 Å². The number of rotatable bonds is 5. The smallest absolute Gasteiger partial charge is 0.119 e. The van der Waals surface area contributed by atoms with E-state index in [1.54, 1.807) is 11.3 Å². The minimum absolute atomic E-state index is 0.473. The van der Waals surface area contributed by atoms with Crippen molar-refractivity contribution in [1.82, 2.24) is 10.3 Å². The van der Waals surface area contributed by atoms with Crippen LogP contribution in [0, 0.1) is 6.92 Å². The van der Waals surface area contributed by atoms with Gasteiger partial charge in [0.1, 0.15) is 5.75 Å². The van der Waals surface area contributed by atoms with Crippen molar-refractivity contribution in [1.29, 1.82) is 0 Å². The van der Waals surface area contributed by atoms with Crippen LogP contribution >= 0.6 is 11.3 Å². The molecule has 1 aliphatic carbocycles. The summed E-state index contributed by atoms with van der Waals surface area (Å²) >= 11 is 1.71. The van der Waals surface area contributed by atoms with Gasteiger partial charge in [-0.05, 0) is 56.5 Å². The normalized spacial score (nSPS) is 17.5. The molecule has 0 saturated carbocycles. The van der Waals surface area contributed by atoms with Crippen LogP contribution in [0.3, 0.4) is 0 Å². The number of aromatic nitrogens is 1. The van der Waals surface area contributed by atoms with Gasteiger partial charge in [0.2, 0.25) is 0 Å². The molecule has 1 aromatic carbocycles. The Labute approximate surface area is 130 Å². The number of ether oxygens (including phenoxy) is 1. The number of thiazole rings is 1. The van der Waals surface area contributed by atoms with Crippen LogP contribution in [0.2, 0.25) is 0 Å². The molecule has 0 amide bonds. The van der Waals surface area contributed by atoms with E-state index in [-0.39, 0.29) is 0 Å². The number of hydrogen-bond donors (Lipinski definition) is 1. The van der Waals surface area contributed by atoms with E-state index >= 15 is 0 Å². The van der Waals surface area contributed by atoms with Gasteiger partial charge in [-0.15, -0.1) is 11.3 Å². The molecule has 0 radical (unpaired) electrons. The number of nitrogens with one attached hydrogen (secondary N) is 1. The zero-order valence-corrected chi connectivity index (χ0v) is 13.5. The van der Waals surface area contributed by atoms with Gasteiger partial charge >= 0.3 is 0 Å². The maximum Gasteiger partial charge on any atom is 0.119 e. The van der Waals surface area contributed by atoms with Crippen molar-refractivity contribution >= 4 is 11.3 Å². The number of nitrogens with zero attached hydrogens (tertiary/aromatic N) is 1. The molecular formula is C17H22N2OS. The lowest BCUT2D eigenvalue weighted by Gasteiger charge is -2.25. The molecule has 1 atom stereocenters. The van der Waals surface area contributed by atoms with Gasteiger partial charge in [0, 0.05) is 17.3 Å². The molecule has 1 unspecified atom stereocenters. The van der Waals surface area contributed by atoms with E-state index in [9.17, 15) is 0 Å². The molecule has 0 saturated heterocycles. The minimum Gasteiger partial charge on any atom is -0.493 e. The zero-order chi connectivity index (χ0) is 14.7. The van der Waals surface area contributed by atoms with E-state index in [1.807, 2.05) is 12.6 Å². The molecule has 3 nitrogen and oxygen atoms in total. The molecule has 1 aromatic heterocycles. The first kappa shape index (κ1) is 14.5. The van der Waals surface area contributed by atoms with Gasteiger partial charge in [0.25, 0.3) is 0 Å². The molecule has 0 aliphatic heterocycles. The summed E-state index contributed by atoms with van der Waals surface area (Å²) in [5, 5.41) is 3.41. The second-order valence-electron chi connectivity index (χ2n) is 5.55. The number of hydrogen-bond acceptors (Lipinski definition) is 4. The van der Waals surface area contributed by atoms with Crippen LogP contribution < -0.4 is 10.1 Å². The number of aryl methyl sites for hydroxylation is 2. The van der Waals surface area contributed by atoms with E-state index in [4.69, 9.17) is 4.74 Å². The predicted molar refractivity (Wildman–Crippen MR) is 87.2 cm³/mol. The average Bonchev–Trinajstić information content (AvgIpc) is 2.92. The second-order valence-corrected chi connectivity index (χ2v) is 6.49. The largest absolute Gasteiger partial charge is 0.493 e. The van der Waals surface area contributed by atoms with Crippen LogP contribution in [0.1, 0.15) is 40.6 Å². The molecule has 1 aliphatic rings. The fourth-order valence-corrected chi connectivity index (χ4v) is 3.76. The van der Waals surface area contributed by atoms with Crippen LogP contribution in [-0.4, -0.2) is 18.6 Å². The summed E-state index contributed by atoms with van der Waals surface area (Å²) in [5.74, 6) is 0.984. The molecule has 4 heteroatoms. The highest BCUT2D eigenvalue weighted by Crippen LogP contribution is 2.32. The van der Waals surface area contributed by atoms with Gasteiger partial charge in [0.15, 0.2) is 0 Å². The number of fused-ring (bicyclic) bond motifs is 1. The lowest BCUT2D eigenvalue weighted by Crippen LogP contribution is -2.21. The topological polar surface area (TPSA) is 34.1 Å². The van der Waals surface area contributed by atoms with Gasteiger partial charge < -0.3 is 10.1 Å². The Morgan fingerprint density at radius 3 is 3.10 bits per heavy atom. The molecule has 1 heterocycles. The summed E-state index contributed by atoms with van der Waals surface area (Å²) in [6.07, 6.45) is 4.60. The molecule has 2 aromatic rings. The zero-order valence-electron chi connectivity index (χ0n) is 12.7. The minimum atomic E-state index is 0.473.